The predicted molar refractivity (Wildman–Crippen MR) is 214 cm³/mol. The van der Waals surface area contributed by atoms with E-state index < -0.39 is 6.10 Å². The van der Waals surface area contributed by atoms with Crippen LogP contribution >= 0.6 is 0 Å². The van der Waals surface area contributed by atoms with Gasteiger partial charge in [-0.05, 0) is 83.5 Å². The lowest BCUT2D eigenvalue weighted by atomic mass is 10.1. The Bertz CT molecular complexity index is 926. The van der Waals surface area contributed by atoms with Crippen molar-refractivity contribution in [2.24, 2.45) is 0 Å². The molecule has 0 amide bonds. The molecule has 5 heteroatoms. The van der Waals surface area contributed by atoms with Crippen molar-refractivity contribution in [1.82, 2.24) is 0 Å². The number of esters is 2. The fourth-order valence-corrected chi connectivity index (χ4v) is 5.40. The Hall–Kier alpha value is -2.66. The zero-order valence-corrected chi connectivity index (χ0v) is 32.4. The lowest BCUT2D eigenvalue weighted by Gasteiger charge is -2.15. The number of carbonyl (C=O) groups is 2. The molecular formula is C45H76O5. The van der Waals surface area contributed by atoms with Crippen LogP contribution in [0.25, 0.3) is 0 Å². The highest BCUT2D eigenvalue weighted by atomic mass is 16.6. The summed E-state index contributed by atoms with van der Waals surface area (Å²) in [5.41, 5.74) is 0. The molecule has 0 fully saturated rings. The summed E-state index contributed by atoms with van der Waals surface area (Å²) in [6, 6.07) is 0. The number of hydrogen-bond acceptors (Lipinski definition) is 5. The van der Waals surface area contributed by atoms with E-state index in [-0.39, 0.29) is 25.2 Å². The Morgan fingerprint density at radius 2 is 0.860 bits per heavy atom. The molecule has 286 valence electrons. The number of hydrogen-bond donors (Lipinski definition) is 1. The zero-order chi connectivity index (χ0) is 36.4. The molecule has 0 saturated carbocycles. The number of rotatable bonds is 36. The average molecular weight is 697 g/mol. The summed E-state index contributed by atoms with van der Waals surface area (Å²) >= 11 is 0. The summed E-state index contributed by atoms with van der Waals surface area (Å²) in [6.07, 6.45) is 53.9. The normalized spacial score (nSPS) is 12.9. The van der Waals surface area contributed by atoms with Crippen LogP contribution in [0, 0.1) is 0 Å². The van der Waals surface area contributed by atoms with E-state index in [1.807, 2.05) is 0 Å². The average Bonchev–Trinajstić information content (AvgIpc) is 3.12. The number of carbonyl (C=O) groups excluding carboxylic acids is 2. The first-order chi connectivity index (χ1) is 24.6. The summed E-state index contributed by atoms with van der Waals surface area (Å²) in [5.74, 6) is -0.638. The summed E-state index contributed by atoms with van der Waals surface area (Å²) in [4.78, 5) is 24.3. The summed E-state index contributed by atoms with van der Waals surface area (Å²) < 4.78 is 10.6. The third-order valence-electron chi connectivity index (χ3n) is 8.48. The first kappa shape index (κ1) is 47.3. The highest BCUT2D eigenvalue weighted by Gasteiger charge is 2.16. The molecule has 0 bridgehead atoms. The monoisotopic (exact) mass is 697 g/mol. The highest BCUT2D eigenvalue weighted by Crippen LogP contribution is 2.12. The minimum absolute atomic E-state index is 0.0880. The maximum Gasteiger partial charge on any atom is 0.306 e. The van der Waals surface area contributed by atoms with E-state index in [4.69, 9.17) is 9.47 Å². The van der Waals surface area contributed by atoms with Crippen LogP contribution in [0.15, 0.2) is 72.9 Å². The van der Waals surface area contributed by atoms with Crippen LogP contribution in [0.3, 0.4) is 0 Å². The van der Waals surface area contributed by atoms with Gasteiger partial charge in [0.15, 0.2) is 6.10 Å². The van der Waals surface area contributed by atoms with Crippen molar-refractivity contribution in [3.8, 4) is 0 Å². The molecule has 0 aromatic carbocycles. The number of aliphatic hydroxyl groups excluding tert-OH is 1. The van der Waals surface area contributed by atoms with Crippen LogP contribution < -0.4 is 0 Å². The van der Waals surface area contributed by atoms with Gasteiger partial charge in [0.05, 0.1) is 6.61 Å². The van der Waals surface area contributed by atoms with Gasteiger partial charge in [-0.1, -0.05) is 157 Å². The third kappa shape index (κ3) is 38.1. The molecule has 0 aliphatic rings. The van der Waals surface area contributed by atoms with Crippen LogP contribution in [-0.4, -0.2) is 36.4 Å². The second-order valence-electron chi connectivity index (χ2n) is 13.3. The standard InChI is InChI=1S/C45H76O5/c1-3-5-7-9-11-13-15-17-19-21-22-24-25-27-29-31-33-35-37-39-44(47)49-42-43(41-46)50-45(48)40-38-36-34-32-30-28-26-23-20-18-16-14-12-10-8-6-4-2/h5,7,11,13,17-20,22,24,27,29,43,46H,3-4,6,8-10,12,14-16,21,23,25-26,28,30-42H2,1-2H3. The lowest BCUT2D eigenvalue weighted by Crippen LogP contribution is -2.28. The van der Waals surface area contributed by atoms with E-state index >= 15 is 0 Å². The predicted octanol–water partition coefficient (Wildman–Crippen LogP) is 13.0. The van der Waals surface area contributed by atoms with E-state index in [1.54, 1.807) is 0 Å². The molecule has 0 radical (unpaired) electrons. The number of allylic oxidation sites excluding steroid dienone is 12. The van der Waals surface area contributed by atoms with Gasteiger partial charge >= 0.3 is 11.9 Å². The first-order valence-corrected chi connectivity index (χ1v) is 20.5. The fourth-order valence-electron chi connectivity index (χ4n) is 5.40. The van der Waals surface area contributed by atoms with Gasteiger partial charge < -0.3 is 14.6 Å². The van der Waals surface area contributed by atoms with Gasteiger partial charge in [-0.15, -0.1) is 0 Å². The van der Waals surface area contributed by atoms with Crippen molar-refractivity contribution in [2.45, 2.75) is 187 Å². The zero-order valence-electron chi connectivity index (χ0n) is 32.4. The van der Waals surface area contributed by atoms with Crippen molar-refractivity contribution in [3.63, 3.8) is 0 Å². The minimum Gasteiger partial charge on any atom is -0.462 e. The van der Waals surface area contributed by atoms with E-state index in [9.17, 15) is 14.7 Å². The SMILES string of the molecule is CCC=CCC=CCC=CCC=CCC=CCCCCCC(=O)OCC(CO)OC(=O)CCCCCCCCCC=CCCCCCCCC. The van der Waals surface area contributed by atoms with Crippen molar-refractivity contribution in [1.29, 1.82) is 0 Å². The van der Waals surface area contributed by atoms with Gasteiger partial charge in [-0.25, -0.2) is 0 Å². The Labute approximate surface area is 308 Å². The molecule has 0 aliphatic carbocycles. The number of unbranched alkanes of at least 4 members (excludes halogenated alkanes) is 16. The van der Waals surface area contributed by atoms with Gasteiger partial charge in [0, 0.05) is 12.8 Å². The van der Waals surface area contributed by atoms with Crippen molar-refractivity contribution in [3.05, 3.63) is 72.9 Å². The van der Waals surface area contributed by atoms with Crippen LogP contribution in [0.2, 0.25) is 0 Å². The van der Waals surface area contributed by atoms with Crippen molar-refractivity contribution < 1.29 is 24.2 Å². The van der Waals surface area contributed by atoms with Crippen molar-refractivity contribution >= 4 is 11.9 Å². The summed E-state index contributed by atoms with van der Waals surface area (Å²) in [5, 5.41) is 9.56. The quantitative estimate of drug-likeness (QED) is 0.0401. The fraction of sp³-hybridized carbons (Fsp3) is 0.689. The Kier molecular flexibility index (Phi) is 38.6. The molecule has 0 aromatic rings. The van der Waals surface area contributed by atoms with E-state index in [1.165, 1.54) is 77.0 Å². The van der Waals surface area contributed by atoms with Crippen LogP contribution in [0.4, 0.5) is 0 Å². The van der Waals surface area contributed by atoms with E-state index in [0.717, 1.165) is 77.0 Å². The molecule has 1 N–H and O–H groups in total. The van der Waals surface area contributed by atoms with Gasteiger partial charge in [0.2, 0.25) is 0 Å². The van der Waals surface area contributed by atoms with Crippen LogP contribution in [0.1, 0.15) is 181 Å². The molecule has 5 nitrogen and oxygen atoms in total. The van der Waals surface area contributed by atoms with Crippen molar-refractivity contribution in [2.75, 3.05) is 13.2 Å². The maximum absolute atomic E-state index is 12.2. The van der Waals surface area contributed by atoms with E-state index in [0.29, 0.717) is 12.8 Å². The lowest BCUT2D eigenvalue weighted by molar-refractivity contribution is -0.161. The van der Waals surface area contributed by atoms with E-state index in [2.05, 4.69) is 86.8 Å². The van der Waals surface area contributed by atoms with Gasteiger partial charge in [0.1, 0.15) is 6.61 Å². The molecule has 0 spiro atoms. The Morgan fingerprint density at radius 3 is 1.34 bits per heavy atom. The Morgan fingerprint density at radius 1 is 0.480 bits per heavy atom. The Balaban J connectivity index is 3.65. The van der Waals surface area contributed by atoms with Crippen LogP contribution in [0.5, 0.6) is 0 Å². The summed E-state index contributed by atoms with van der Waals surface area (Å²) in [6.45, 7) is 3.98. The molecule has 0 saturated heterocycles. The molecular weight excluding hydrogens is 620 g/mol. The molecule has 1 unspecified atom stereocenters. The molecule has 50 heavy (non-hydrogen) atoms. The molecule has 0 aromatic heterocycles. The minimum atomic E-state index is -0.790. The largest absolute Gasteiger partial charge is 0.462 e. The van der Waals surface area contributed by atoms with Gasteiger partial charge in [-0.2, -0.15) is 0 Å². The van der Waals surface area contributed by atoms with Gasteiger partial charge in [0.25, 0.3) is 0 Å². The molecule has 1 atom stereocenters. The first-order valence-electron chi connectivity index (χ1n) is 20.5. The third-order valence-corrected chi connectivity index (χ3v) is 8.48. The highest BCUT2D eigenvalue weighted by molar-refractivity contribution is 5.70. The number of aliphatic hydroxyl groups is 1. The summed E-state index contributed by atoms with van der Waals surface area (Å²) in [7, 11) is 0. The second kappa shape index (κ2) is 40.8. The second-order valence-corrected chi connectivity index (χ2v) is 13.3. The van der Waals surface area contributed by atoms with Crippen LogP contribution in [-0.2, 0) is 19.1 Å². The molecule has 0 rings (SSSR count). The van der Waals surface area contributed by atoms with Gasteiger partial charge in [-0.3, -0.25) is 9.59 Å². The smallest absolute Gasteiger partial charge is 0.306 e. The topological polar surface area (TPSA) is 72.8 Å². The molecule has 0 heterocycles. The maximum atomic E-state index is 12.2. The molecule has 0 aliphatic heterocycles. The number of ether oxygens (including phenoxy) is 2.